The third-order valence-electron chi connectivity index (χ3n) is 2.73. The van der Waals surface area contributed by atoms with E-state index in [0.29, 0.717) is 6.61 Å². The van der Waals surface area contributed by atoms with E-state index >= 15 is 0 Å². The monoisotopic (exact) mass is 247 g/mol. The van der Waals surface area contributed by atoms with Gasteiger partial charge in [0, 0.05) is 13.7 Å². The van der Waals surface area contributed by atoms with Crippen LogP contribution in [0.3, 0.4) is 0 Å². The predicted octanol–water partition coefficient (Wildman–Crippen LogP) is 3.04. The predicted molar refractivity (Wildman–Crippen MR) is 71.1 cm³/mol. The van der Waals surface area contributed by atoms with Gasteiger partial charge in [0.15, 0.2) is 0 Å². The second-order valence-corrected chi connectivity index (χ2v) is 3.66. The fraction of sp³-hybridized carbons (Fsp3) is 0.923. The van der Waals surface area contributed by atoms with E-state index in [1.54, 1.807) is 0 Å². The maximum atomic E-state index is 11.1. The minimum atomic E-state index is -0.118. The first-order valence-electron chi connectivity index (χ1n) is 6.61. The average molecular weight is 247 g/mol. The number of carbonyl (C=O) groups excluding carboxylic acids is 1. The molecule has 0 saturated carbocycles. The molecule has 0 unspecified atom stereocenters. The Balaban J connectivity index is 0. The van der Waals surface area contributed by atoms with Gasteiger partial charge in [-0.1, -0.05) is 27.7 Å². The number of carbonyl (C=O) groups is 1. The number of hydrogen-bond donors (Lipinski definition) is 1. The summed E-state index contributed by atoms with van der Waals surface area (Å²) in [5, 5.41) is 7.00. The summed E-state index contributed by atoms with van der Waals surface area (Å²) in [6.07, 6.45) is 3.33. The Morgan fingerprint density at radius 3 is 2.18 bits per heavy atom. The normalized spacial score (nSPS) is 24.9. The molecule has 0 radical (unpaired) electrons. The molecule has 0 aliphatic carbocycles. The molecule has 2 fully saturated rings. The fourth-order valence-electron chi connectivity index (χ4n) is 1.94. The van der Waals surface area contributed by atoms with E-state index in [4.69, 9.17) is 9.84 Å². The van der Waals surface area contributed by atoms with Crippen molar-refractivity contribution in [2.45, 2.75) is 59.4 Å². The third kappa shape index (κ3) is 4.94. The molecule has 0 aromatic heterocycles. The molecule has 2 heterocycles. The summed E-state index contributed by atoms with van der Waals surface area (Å²) < 4.78 is 4.99. The number of piperidine rings is 1. The molecule has 4 nitrogen and oxygen atoms in total. The molecule has 2 rings (SSSR count). The van der Waals surface area contributed by atoms with Crippen molar-refractivity contribution < 1.29 is 14.6 Å². The molecule has 4 heteroatoms. The molecule has 0 bridgehead atoms. The maximum absolute atomic E-state index is 11.1. The van der Waals surface area contributed by atoms with Crippen molar-refractivity contribution in [3.8, 4) is 0 Å². The van der Waals surface area contributed by atoms with E-state index in [-0.39, 0.29) is 11.6 Å². The van der Waals surface area contributed by atoms with Gasteiger partial charge in [-0.25, -0.2) is 4.79 Å². The lowest BCUT2D eigenvalue weighted by Crippen LogP contribution is -2.47. The van der Waals surface area contributed by atoms with Crippen LogP contribution in [0, 0.1) is 0 Å². The zero-order valence-electron chi connectivity index (χ0n) is 12.2. The first kappa shape index (κ1) is 18.6. The van der Waals surface area contributed by atoms with Gasteiger partial charge in [-0.3, -0.25) is 4.90 Å². The van der Waals surface area contributed by atoms with E-state index in [1.165, 1.54) is 6.42 Å². The Hall–Kier alpha value is -0.770. The molecule has 1 amide bonds. The molecular weight excluding hydrogens is 218 g/mol. The van der Waals surface area contributed by atoms with Gasteiger partial charge in [0.25, 0.3) is 0 Å². The minimum absolute atomic E-state index is 0.0231. The second-order valence-electron chi connectivity index (χ2n) is 3.66. The Morgan fingerprint density at radius 2 is 1.71 bits per heavy atom. The van der Waals surface area contributed by atoms with Crippen LogP contribution in [0.15, 0.2) is 0 Å². The zero-order chi connectivity index (χ0) is 13.9. The topological polar surface area (TPSA) is 49.8 Å². The van der Waals surface area contributed by atoms with Gasteiger partial charge >= 0.3 is 6.09 Å². The number of ether oxygens (including phenoxy) is 1. The Labute approximate surface area is 106 Å². The summed E-state index contributed by atoms with van der Waals surface area (Å²) in [5.41, 5.74) is 0.0231. The number of aliphatic hydroxyl groups is 1. The largest absolute Gasteiger partial charge is 0.447 e. The van der Waals surface area contributed by atoms with Gasteiger partial charge in [0.1, 0.15) is 6.61 Å². The summed E-state index contributed by atoms with van der Waals surface area (Å²) in [6, 6.07) is 0. The number of hydrogen-bond acceptors (Lipinski definition) is 3. The first-order chi connectivity index (χ1) is 8.22. The maximum Gasteiger partial charge on any atom is 0.410 e. The van der Waals surface area contributed by atoms with Crippen molar-refractivity contribution in [2.75, 3.05) is 20.3 Å². The molecular formula is C13H29NO3. The van der Waals surface area contributed by atoms with Gasteiger partial charge in [0.05, 0.1) is 5.54 Å². The lowest BCUT2D eigenvalue weighted by Gasteiger charge is -2.35. The number of fused-ring (bicyclic) bond motifs is 1. The van der Waals surface area contributed by atoms with Gasteiger partial charge in [-0.2, -0.15) is 0 Å². The lowest BCUT2D eigenvalue weighted by molar-refractivity contribution is 0.131. The smallest absolute Gasteiger partial charge is 0.410 e. The van der Waals surface area contributed by atoms with E-state index in [9.17, 15) is 4.79 Å². The van der Waals surface area contributed by atoms with Crippen molar-refractivity contribution in [3.63, 3.8) is 0 Å². The zero-order valence-corrected chi connectivity index (χ0v) is 12.2. The van der Waals surface area contributed by atoms with Crippen LogP contribution in [0.5, 0.6) is 0 Å². The quantitative estimate of drug-likeness (QED) is 0.715. The Bertz CT molecular complexity index is 197. The standard InChI is InChI=1S/C8H13NO2.2C2H6.CH4O/c1-8-4-2-3-5-9(8)7(10)11-6-8;3*1-2/h2-6H2,1H3;2*1-2H3;2H,1H3/t8-;;;/m1.../s1. The van der Waals surface area contributed by atoms with E-state index in [0.717, 1.165) is 26.5 Å². The summed E-state index contributed by atoms with van der Waals surface area (Å²) in [6.45, 7) is 11.6. The van der Waals surface area contributed by atoms with E-state index in [2.05, 4.69) is 6.92 Å². The second kappa shape index (κ2) is 10.4. The molecule has 1 atom stereocenters. The van der Waals surface area contributed by atoms with Crippen LogP contribution in [0.2, 0.25) is 0 Å². The molecule has 1 N–H and O–H groups in total. The van der Waals surface area contributed by atoms with Crippen molar-refractivity contribution in [2.24, 2.45) is 0 Å². The lowest BCUT2D eigenvalue weighted by atomic mass is 9.91. The summed E-state index contributed by atoms with van der Waals surface area (Å²) >= 11 is 0. The molecule has 17 heavy (non-hydrogen) atoms. The van der Waals surface area contributed by atoms with Crippen LogP contribution in [-0.2, 0) is 4.74 Å². The number of cyclic esters (lactones) is 1. The molecule has 104 valence electrons. The van der Waals surface area contributed by atoms with Crippen LogP contribution in [0.25, 0.3) is 0 Å². The number of amides is 1. The highest BCUT2D eigenvalue weighted by Gasteiger charge is 2.44. The van der Waals surface area contributed by atoms with Crippen LogP contribution >= 0.6 is 0 Å². The third-order valence-corrected chi connectivity index (χ3v) is 2.73. The Kier molecular flexibility index (Phi) is 11.4. The minimum Gasteiger partial charge on any atom is -0.447 e. The fourth-order valence-corrected chi connectivity index (χ4v) is 1.94. The average Bonchev–Trinajstić information content (AvgIpc) is 2.73. The van der Waals surface area contributed by atoms with Gasteiger partial charge in [-0.15, -0.1) is 0 Å². The molecule has 2 aliphatic rings. The first-order valence-corrected chi connectivity index (χ1v) is 6.61. The Morgan fingerprint density at radius 1 is 1.18 bits per heavy atom. The van der Waals surface area contributed by atoms with E-state index < -0.39 is 0 Å². The summed E-state index contributed by atoms with van der Waals surface area (Å²) in [4.78, 5) is 13.0. The van der Waals surface area contributed by atoms with Crippen LogP contribution in [-0.4, -0.2) is 41.9 Å². The number of nitrogens with zero attached hydrogens (tertiary/aromatic N) is 1. The molecule has 0 aromatic rings. The van der Waals surface area contributed by atoms with Gasteiger partial charge in [0.2, 0.25) is 0 Å². The molecule has 0 aromatic carbocycles. The summed E-state index contributed by atoms with van der Waals surface area (Å²) in [5.74, 6) is 0. The highest BCUT2D eigenvalue weighted by atomic mass is 16.6. The summed E-state index contributed by atoms with van der Waals surface area (Å²) in [7, 11) is 1.00. The van der Waals surface area contributed by atoms with Crippen LogP contribution in [0.1, 0.15) is 53.9 Å². The SMILES string of the molecule is CC.CC.CO.C[C@]12CCCCN1C(=O)OC2. The highest BCUT2D eigenvalue weighted by Crippen LogP contribution is 2.32. The highest BCUT2D eigenvalue weighted by molar-refractivity contribution is 5.71. The van der Waals surface area contributed by atoms with Crippen molar-refractivity contribution in [1.29, 1.82) is 0 Å². The van der Waals surface area contributed by atoms with Crippen LogP contribution in [0.4, 0.5) is 4.79 Å². The van der Waals surface area contributed by atoms with Crippen molar-refractivity contribution in [3.05, 3.63) is 0 Å². The van der Waals surface area contributed by atoms with E-state index in [1.807, 2.05) is 32.6 Å². The molecule has 2 saturated heterocycles. The van der Waals surface area contributed by atoms with Crippen molar-refractivity contribution in [1.82, 2.24) is 4.90 Å². The van der Waals surface area contributed by atoms with Crippen molar-refractivity contribution >= 4 is 6.09 Å². The van der Waals surface area contributed by atoms with Gasteiger partial charge in [-0.05, 0) is 26.2 Å². The number of rotatable bonds is 0. The van der Waals surface area contributed by atoms with Gasteiger partial charge < -0.3 is 9.84 Å². The molecule has 0 spiro atoms. The number of aliphatic hydroxyl groups excluding tert-OH is 1. The van der Waals surface area contributed by atoms with Crippen LogP contribution < -0.4 is 0 Å². The molecule has 2 aliphatic heterocycles.